The van der Waals surface area contributed by atoms with Crippen LogP contribution in [-0.4, -0.2) is 76.8 Å². The van der Waals surface area contributed by atoms with Crippen molar-refractivity contribution in [3.05, 3.63) is 70.4 Å². The van der Waals surface area contributed by atoms with Gasteiger partial charge in [-0.1, -0.05) is 55.8 Å². The maximum atomic E-state index is 13.6. The van der Waals surface area contributed by atoms with Crippen LogP contribution in [0.15, 0.2) is 53.4 Å². The summed E-state index contributed by atoms with van der Waals surface area (Å²) in [5.74, 6) is 0.329. The van der Waals surface area contributed by atoms with E-state index >= 15 is 0 Å². The Balaban J connectivity index is 1.57. The fourth-order valence-corrected chi connectivity index (χ4v) is 6.88. The lowest BCUT2D eigenvalue weighted by Gasteiger charge is -2.33. The highest BCUT2D eigenvalue weighted by atomic mass is 35.5. The number of aliphatic hydroxyl groups excluding tert-OH is 1. The minimum absolute atomic E-state index is 0.0479. The molecule has 0 unspecified atom stereocenters. The first kappa shape index (κ1) is 35.6. The molecule has 2 heterocycles. The van der Waals surface area contributed by atoms with E-state index in [1.165, 1.54) is 6.07 Å². The van der Waals surface area contributed by atoms with Gasteiger partial charge in [-0.3, -0.25) is 4.90 Å². The molecule has 3 aromatic rings. The summed E-state index contributed by atoms with van der Waals surface area (Å²) in [5.41, 5.74) is 3.45. The van der Waals surface area contributed by atoms with Gasteiger partial charge in [-0.15, -0.1) is 0 Å². The van der Waals surface area contributed by atoms with Gasteiger partial charge >= 0.3 is 6.09 Å². The number of carbonyl (C=O) groups excluding carboxylic acids is 1. The monoisotopic (exact) mass is 671 g/mol. The number of aryl methyl sites for hydroxylation is 2. The van der Waals surface area contributed by atoms with Crippen LogP contribution >= 0.6 is 11.6 Å². The first-order valence-electron chi connectivity index (χ1n) is 15.6. The third-order valence-corrected chi connectivity index (χ3v) is 9.32. The zero-order chi connectivity index (χ0) is 33.8. The molecule has 0 saturated carbocycles. The van der Waals surface area contributed by atoms with E-state index in [4.69, 9.17) is 16.3 Å². The second kappa shape index (κ2) is 14.7. The quantitative estimate of drug-likeness (QED) is 0.249. The molecule has 0 aliphatic carbocycles. The summed E-state index contributed by atoms with van der Waals surface area (Å²) in [6.07, 6.45) is 0.488. The van der Waals surface area contributed by atoms with Gasteiger partial charge in [0.1, 0.15) is 10.8 Å². The number of anilines is 1. The topological polar surface area (TPSA) is 125 Å². The van der Waals surface area contributed by atoms with Crippen LogP contribution in [0.25, 0.3) is 11.3 Å². The lowest BCUT2D eigenvalue weighted by Crippen LogP contribution is -2.44. The number of sulfonamides is 1. The highest BCUT2D eigenvalue weighted by molar-refractivity contribution is 7.92. The van der Waals surface area contributed by atoms with E-state index in [0.29, 0.717) is 31.2 Å². The number of hydrogen-bond acceptors (Lipinski definition) is 8. The van der Waals surface area contributed by atoms with E-state index in [1.807, 2.05) is 58.9 Å². The molecule has 1 aliphatic rings. The largest absolute Gasteiger partial charge is 0.444 e. The number of nitrogens with one attached hydrogen (secondary N) is 1. The Morgan fingerprint density at radius 2 is 1.74 bits per heavy atom. The summed E-state index contributed by atoms with van der Waals surface area (Å²) < 4.78 is 35.3. The van der Waals surface area contributed by atoms with Crippen molar-refractivity contribution < 1.29 is 23.1 Å². The van der Waals surface area contributed by atoms with Crippen LogP contribution in [0.3, 0.4) is 0 Å². The smallest absolute Gasteiger partial charge is 0.410 e. The number of rotatable bonds is 9. The third-order valence-electron chi connectivity index (χ3n) is 7.81. The predicted molar refractivity (Wildman–Crippen MR) is 181 cm³/mol. The van der Waals surface area contributed by atoms with Crippen LogP contribution in [0.4, 0.5) is 10.7 Å². The van der Waals surface area contributed by atoms with Crippen LogP contribution < -0.4 is 4.72 Å². The molecule has 1 fully saturated rings. The molecule has 2 aromatic carbocycles. The molecule has 0 bridgehead atoms. The van der Waals surface area contributed by atoms with Gasteiger partial charge in [-0.2, -0.15) is 0 Å². The average Bonchev–Trinajstić information content (AvgIpc) is 3.08. The number of β-amino-alcohol motifs (C(OH)–C–C–N with tert-alkyl or cyclic N) is 1. The number of aliphatic hydroxyl groups is 1. The van der Waals surface area contributed by atoms with Gasteiger partial charge in [-0.05, 0) is 82.2 Å². The Kier molecular flexibility index (Phi) is 11.4. The van der Waals surface area contributed by atoms with E-state index in [9.17, 15) is 18.3 Å². The molecule has 46 heavy (non-hydrogen) atoms. The lowest BCUT2D eigenvalue weighted by molar-refractivity contribution is 0.0173. The molecule has 12 heteroatoms. The number of nitrogens with zero attached hydrogens (tertiary/aromatic N) is 4. The van der Waals surface area contributed by atoms with Gasteiger partial charge in [0.05, 0.1) is 23.2 Å². The normalized spacial score (nSPS) is 18.0. The number of ether oxygens (including phenoxy) is 1. The van der Waals surface area contributed by atoms with Gasteiger partial charge < -0.3 is 14.7 Å². The Labute approximate surface area is 278 Å². The van der Waals surface area contributed by atoms with Gasteiger partial charge in [-0.25, -0.2) is 27.9 Å². The van der Waals surface area contributed by atoms with Crippen molar-refractivity contribution >= 4 is 33.7 Å². The SMILES string of the molecule is Cc1cccc(C)c1-c1cc(Cl)nc(NS(=O)(=O)c2cccc(CN3C[C@H](O)CN(C(=O)OC(C)(C)C)C[C@@H]3CCC(C)C)c2)n1. The Morgan fingerprint density at radius 1 is 1.07 bits per heavy atom. The van der Waals surface area contributed by atoms with Crippen LogP contribution in [0.2, 0.25) is 5.15 Å². The van der Waals surface area contributed by atoms with Crippen LogP contribution in [0, 0.1) is 19.8 Å². The molecule has 1 aliphatic heterocycles. The van der Waals surface area contributed by atoms with Crippen LogP contribution in [0.5, 0.6) is 0 Å². The zero-order valence-electron chi connectivity index (χ0n) is 27.7. The molecular weight excluding hydrogens is 626 g/mol. The van der Waals surface area contributed by atoms with Crippen molar-refractivity contribution in [2.75, 3.05) is 24.4 Å². The molecule has 1 amide bonds. The highest BCUT2D eigenvalue weighted by Crippen LogP contribution is 2.29. The summed E-state index contributed by atoms with van der Waals surface area (Å²) in [5, 5.41) is 11.1. The maximum absolute atomic E-state index is 13.6. The number of hydrogen-bond donors (Lipinski definition) is 2. The van der Waals surface area contributed by atoms with Gasteiger partial charge in [0.2, 0.25) is 5.95 Å². The summed E-state index contributed by atoms with van der Waals surface area (Å²) >= 11 is 6.31. The fraction of sp³-hybridized carbons (Fsp3) is 0.500. The van der Waals surface area contributed by atoms with Gasteiger partial charge in [0, 0.05) is 37.3 Å². The minimum atomic E-state index is -4.07. The van der Waals surface area contributed by atoms with Crippen molar-refractivity contribution in [1.82, 2.24) is 19.8 Å². The van der Waals surface area contributed by atoms with E-state index in [0.717, 1.165) is 35.1 Å². The zero-order valence-corrected chi connectivity index (χ0v) is 29.3. The molecule has 1 aromatic heterocycles. The Hall–Kier alpha value is -3.25. The third kappa shape index (κ3) is 9.63. The Bertz CT molecular complexity index is 1620. The van der Waals surface area contributed by atoms with Crippen molar-refractivity contribution in [2.24, 2.45) is 5.92 Å². The van der Waals surface area contributed by atoms with Crippen LogP contribution in [0.1, 0.15) is 64.2 Å². The first-order valence-corrected chi connectivity index (χ1v) is 17.5. The van der Waals surface area contributed by atoms with E-state index < -0.39 is 27.8 Å². The highest BCUT2D eigenvalue weighted by Gasteiger charge is 2.33. The Morgan fingerprint density at radius 3 is 2.39 bits per heavy atom. The standard InChI is InChI=1S/C34H46ClN5O5S/c1-22(2)14-15-26-19-40(33(42)45-34(5,6)7)21-27(41)20-39(26)18-25-12-9-13-28(16-25)46(43,44)38-32-36-29(17-30(35)37-32)31-23(3)10-8-11-24(31)4/h8-13,16-17,22,26-27,41H,14-15,18-21H2,1-7H3,(H,36,37,38)/t26-,27-/m0/s1. The molecule has 1 saturated heterocycles. The van der Waals surface area contributed by atoms with Crippen molar-refractivity contribution in [2.45, 2.75) is 90.5 Å². The summed E-state index contributed by atoms with van der Waals surface area (Å²) in [7, 11) is -4.07. The van der Waals surface area contributed by atoms with Crippen LogP contribution in [-0.2, 0) is 21.3 Å². The summed E-state index contributed by atoms with van der Waals surface area (Å²) in [6, 6.07) is 14.1. The predicted octanol–water partition coefficient (Wildman–Crippen LogP) is 6.43. The number of halogens is 1. The van der Waals surface area contributed by atoms with E-state index in [1.54, 1.807) is 23.1 Å². The summed E-state index contributed by atoms with van der Waals surface area (Å²) in [4.78, 5) is 25.4. The van der Waals surface area contributed by atoms with Gasteiger partial charge in [0.15, 0.2) is 0 Å². The fourth-order valence-electron chi connectivity index (χ4n) is 5.68. The molecule has 0 radical (unpaired) electrons. The molecule has 250 valence electrons. The number of benzene rings is 2. The van der Waals surface area contributed by atoms with Crippen molar-refractivity contribution in [3.63, 3.8) is 0 Å². The van der Waals surface area contributed by atoms with E-state index in [2.05, 4.69) is 33.4 Å². The molecule has 10 nitrogen and oxygen atoms in total. The first-order chi connectivity index (χ1) is 21.5. The van der Waals surface area contributed by atoms with Crippen molar-refractivity contribution in [1.29, 1.82) is 0 Å². The van der Waals surface area contributed by atoms with Crippen molar-refractivity contribution in [3.8, 4) is 11.3 Å². The lowest BCUT2D eigenvalue weighted by atomic mass is 10.00. The average molecular weight is 672 g/mol. The molecule has 2 atom stereocenters. The molecular formula is C34H46ClN5O5S. The second-order valence-electron chi connectivity index (χ2n) is 13.5. The maximum Gasteiger partial charge on any atom is 0.410 e. The molecule has 4 rings (SSSR count). The number of aromatic nitrogens is 2. The van der Waals surface area contributed by atoms with Gasteiger partial charge in [0.25, 0.3) is 10.0 Å². The summed E-state index contributed by atoms with van der Waals surface area (Å²) in [6.45, 7) is 14.9. The van der Waals surface area contributed by atoms with E-state index in [-0.39, 0.29) is 28.6 Å². The number of amides is 1. The molecule has 2 N–H and O–H groups in total. The minimum Gasteiger partial charge on any atom is -0.444 e. The second-order valence-corrected chi connectivity index (χ2v) is 15.6. The number of carbonyl (C=O) groups is 1. The molecule has 0 spiro atoms.